The number of rotatable bonds is 59. The molecule has 6 heteroatoms. The summed E-state index contributed by atoms with van der Waals surface area (Å²) in [5.41, 5.74) is 0. The van der Waals surface area contributed by atoms with Crippen LogP contribution in [0.25, 0.3) is 0 Å². The maximum Gasteiger partial charge on any atom is 0.306 e. The van der Waals surface area contributed by atoms with Crippen molar-refractivity contribution in [3.63, 3.8) is 0 Å². The van der Waals surface area contributed by atoms with Crippen LogP contribution in [0.1, 0.15) is 323 Å². The number of allylic oxidation sites excluding steroid dienone is 14. The van der Waals surface area contributed by atoms with Gasteiger partial charge in [-0.2, -0.15) is 0 Å². The standard InChI is InChI=1S/C70H122O6/c1-4-7-10-13-16-19-22-24-26-28-30-31-32-33-34-35-36-37-38-39-40-42-43-45-48-51-54-57-60-63-69(72)75-66-67(65-74-68(71)62-59-56-53-50-47-21-18-15-12-9-6-3)76-70(73)64-61-58-55-52-49-46-44-41-29-27-25-23-20-17-14-11-8-5-2/h7,10,16,19,24,26-27,29-31,33-34,36-37,67H,4-6,8-9,11-15,17-18,20-23,25,28,32,35,38-66H2,1-3H3/b10-7-,19-16-,26-24-,29-27-,31-30-,34-33-,37-36-. The van der Waals surface area contributed by atoms with Gasteiger partial charge in [0.25, 0.3) is 0 Å². The van der Waals surface area contributed by atoms with Crippen molar-refractivity contribution in [1.82, 2.24) is 0 Å². The van der Waals surface area contributed by atoms with Crippen LogP contribution < -0.4 is 0 Å². The van der Waals surface area contributed by atoms with Crippen molar-refractivity contribution in [3.05, 3.63) is 85.1 Å². The third kappa shape index (κ3) is 61.4. The van der Waals surface area contributed by atoms with Crippen molar-refractivity contribution in [3.8, 4) is 0 Å². The van der Waals surface area contributed by atoms with E-state index in [-0.39, 0.29) is 31.1 Å². The van der Waals surface area contributed by atoms with E-state index >= 15 is 0 Å². The maximum absolute atomic E-state index is 12.9. The van der Waals surface area contributed by atoms with E-state index in [1.165, 1.54) is 186 Å². The molecule has 0 rings (SSSR count). The summed E-state index contributed by atoms with van der Waals surface area (Å²) in [5, 5.41) is 0. The molecule has 6 nitrogen and oxygen atoms in total. The van der Waals surface area contributed by atoms with E-state index in [0.717, 1.165) is 96.3 Å². The normalized spacial score (nSPS) is 12.6. The van der Waals surface area contributed by atoms with Crippen LogP contribution in [0.5, 0.6) is 0 Å². The van der Waals surface area contributed by atoms with Crippen molar-refractivity contribution in [2.24, 2.45) is 0 Å². The smallest absolute Gasteiger partial charge is 0.306 e. The van der Waals surface area contributed by atoms with E-state index in [9.17, 15) is 14.4 Å². The zero-order valence-corrected chi connectivity index (χ0v) is 50.3. The summed E-state index contributed by atoms with van der Waals surface area (Å²) < 4.78 is 16.9. The molecule has 0 bridgehead atoms. The predicted octanol–water partition coefficient (Wildman–Crippen LogP) is 22.3. The zero-order valence-electron chi connectivity index (χ0n) is 50.3. The Kier molecular flexibility index (Phi) is 61.2. The highest BCUT2D eigenvalue weighted by molar-refractivity contribution is 5.71. The minimum absolute atomic E-state index is 0.0757. The quantitative estimate of drug-likeness (QED) is 0.0261. The first-order valence-electron chi connectivity index (χ1n) is 32.6. The molecule has 0 aromatic rings. The van der Waals surface area contributed by atoms with Crippen LogP contribution in [0.15, 0.2) is 85.1 Å². The fraction of sp³-hybridized carbons (Fsp3) is 0.757. The highest BCUT2D eigenvalue weighted by Gasteiger charge is 2.19. The number of hydrogen-bond acceptors (Lipinski definition) is 6. The molecule has 0 aromatic heterocycles. The van der Waals surface area contributed by atoms with Crippen LogP contribution in [0.4, 0.5) is 0 Å². The Bertz CT molecular complexity index is 1450. The van der Waals surface area contributed by atoms with Crippen LogP contribution in [0.3, 0.4) is 0 Å². The lowest BCUT2D eigenvalue weighted by Gasteiger charge is -2.18. The molecule has 0 aliphatic heterocycles. The Labute approximate surface area is 471 Å². The van der Waals surface area contributed by atoms with Gasteiger partial charge in [0, 0.05) is 19.3 Å². The Morgan fingerprint density at radius 3 is 0.816 bits per heavy atom. The van der Waals surface area contributed by atoms with Gasteiger partial charge in [0.05, 0.1) is 0 Å². The molecule has 0 radical (unpaired) electrons. The molecule has 1 atom stereocenters. The molecule has 0 N–H and O–H groups in total. The summed E-state index contributed by atoms with van der Waals surface area (Å²) in [6.45, 7) is 6.54. The van der Waals surface area contributed by atoms with E-state index in [2.05, 4.69) is 106 Å². The second kappa shape index (κ2) is 64.1. The molecule has 0 aromatic carbocycles. The molecule has 0 saturated heterocycles. The number of ether oxygens (including phenoxy) is 3. The van der Waals surface area contributed by atoms with Crippen molar-refractivity contribution in [2.45, 2.75) is 329 Å². The molecule has 0 amide bonds. The van der Waals surface area contributed by atoms with Crippen LogP contribution in [-0.4, -0.2) is 37.2 Å². The van der Waals surface area contributed by atoms with E-state index in [4.69, 9.17) is 14.2 Å². The van der Waals surface area contributed by atoms with Gasteiger partial charge in [0.2, 0.25) is 0 Å². The highest BCUT2D eigenvalue weighted by atomic mass is 16.6. The summed E-state index contributed by atoms with van der Waals surface area (Å²) in [6.07, 6.45) is 84.5. The average molecular weight is 1060 g/mol. The average Bonchev–Trinajstić information content (AvgIpc) is 3.42. The molecule has 0 aliphatic carbocycles. The molecule has 76 heavy (non-hydrogen) atoms. The van der Waals surface area contributed by atoms with Gasteiger partial charge in [-0.25, -0.2) is 0 Å². The van der Waals surface area contributed by atoms with Crippen molar-refractivity contribution < 1.29 is 28.6 Å². The van der Waals surface area contributed by atoms with Crippen LogP contribution in [0.2, 0.25) is 0 Å². The van der Waals surface area contributed by atoms with Crippen molar-refractivity contribution in [1.29, 1.82) is 0 Å². The van der Waals surface area contributed by atoms with E-state index < -0.39 is 6.10 Å². The van der Waals surface area contributed by atoms with Crippen LogP contribution in [0, 0.1) is 0 Å². The molecule has 438 valence electrons. The first-order valence-corrected chi connectivity index (χ1v) is 32.6. The summed E-state index contributed by atoms with van der Waals surface area (Å²) in [5.74, 6) is -0.872. The fourth-order valence-electron chi connectivity index (χ4n) is 9.27. The van der Waals surface area contributed by atoms with Gasteiger partial charge in [-0.15, -0.1) is 0 Å². The third-order valence-electron chi connectivity index (χ3n) is 14.1. The topological polar surface area (TPSA) is 78.9 Å². The van der Waals surface area contributed by atoms with Crippen molar-refractivity contribution in [2.75, 3.05) is 13.2 Å². The Hall–Kier alpha value is -3.41. The Morgan fingerprint density at radius 1 is 0.276 bits per heavy atom. The maximum atomic E-state index is 12.9. The van der Waals surface area contributed by atoms with Crippen molar-refractivity contribution >= 4 is 17.9 Å². The number of carbonyl (C=O) groups is 3. The molecule has 0 aliphatic rings. The molecule has 0 saturated carbocycles. The van der Waals surface area contributed by atoms with Gasteiger partial charge in [-0.1, -0.05) is 292 Å². The largest absolute Gasteiger partial charge is 0.462 e. The molecule has 0 fully saturated rings. The molecule has 1 unspecified atom stereocenters. The second-order valence-electron chi connectivity index (χ2n) is 21.6. The molecule has 0 heterocycles. The number of unbranched alkanes of at least 4 members (excludes halogenated alkanes) is 34. The van der Waals surface area contributed by atoms with Gasteiger partial charge in [-0.3, -0.25) is 14.4 Å². The summed E-state index contributed by atoms with van der Waals surface area (Å²) in [6, 6.07) is 0. The van der Waals surface area contributed by atoms with Crippen LogP contribution >= 0.6 is 0 Å². The minimum atomic E-state index is -0.779. The number of carbonyl (C=O) groups excluding carboxylic acids is 3. The Morgan fingerprint density at radius 2 is 0.513 bits per heavy atom. The first-order chi connectivity index (χ1) is 37.5. The predicted molar refractivity (Wildman–Crippen MR) is 330 cm³/mol. The lowest BCUT2D eigenvalue weighted by molar-refractivity contribution is -0.167. The van der Waals surface area contributed by atoms with E-state index in [1.54, 1.807) is 0 Å². The third-order valence-corrected chi connectivity index (χ3v) is 14.1. The summed E-state index contributed by atoms with van der Waals surface area (Å²) >= 11 is 0. The first kappa shape index (κ1) is 72.6. The van der Waals surface area contributed by atoms with E-state index in [0.29, 0.717) is 19.3 Å². The Balaban J connectivity index is 4.24. The lowest BCUT2D eigenvalue weighted by atomic mass is 10.1. The SMILES string of the molecule is CC/C=C\C/C=C\C/C=C\C/C=C\C/C=C\C/C=C\CCCCCCCCCCCCC(=O)OCC(COC(=O)CCCCCCCCCCCCC)OC(=O)CCCCCCCCC/C=C\CCCCCCCCC. The van der Waals surface area contributed by atoms with E-state index in [1.807, 2.05) is 0 Å². The monoisotopic (exact) mass is 1060 g/mol. The van der Waals surface area contributed by atoms with Crippen LogP contribution in [-0.2, 0) is 28.6 Å². The molecular formula is C70H122O6. The second-order valence-corrected chi connectivity index (χ2v) is 21.6. The van der Waals surface area contributed by atoms with Gasteiger partial charge in [0.1, 0.15) is 13.2 Å². The fourth-order valence-corrected chi connectivity index (χ4v) is 9.27. The van der Waals surface area contributed by atoms with Gasteiger partial charge in [-0.05, 0) is 96.3 Å². The number of esters is 3. The lowest BCUT2D eigenvalue weighted by Crippen LogP contribution is -2.30. The highest BCUT2D eigenvalue weighted by Crippen LogP contribution is 2.16. The van der Waals surface area contributed by atoms with Gasteiger partial charge >= 0.3 is 17.9 Å². The van der Waals surface area contributed by atoms with Gasteiger partial charge < -0.3 is 14.2 Å². The van der Waals surface area contributed by atoms with Gasteiger partial charge in [0.15, 0.2) is 6.10 Å². The minimum Gasteiger partial charge on any atom is -0.462 e. The number of hydrogen-bond donors (Lipinski definition) is 0. The zero-order chi connectivity index (χ0) is 55.0. The molecular weight excluding hydrogens is 937 g/mol. The summed E-state index contributed by atoms with van der Waals surface area (Å²) in [4.78, 5) is 38.3. The summed E-state index contributed by atoms with van der Waals surface area (Å²) in [7, 11) is 0. The molecule has 0 spiro atoms.